The van der Waals surface area contributed by atoms with E-state index in [4.69, 9.17) is 56.8 Å². The Morgan fingerprint density at radius 3 is 1.16 bits per heavy atom. The van der Waals surface area contributed by atoms with E-state index in [-0.39, 0.29) is 34.5 Å². The fourth-order valence-corrected chi connectivity index (χ4v) is 7.49. The second-order valence-corrected chi connectivity index (χ2v) is 13.3. The van der Waals surface area contributed by atoms with Gasteiger partial charge in [0.1, 0.15) is 17.6 Å². The van der Waals surface area contributed by atoms with Crippen LogP contribution in [0.1, 0.15) is 67.4 Å². The molecule has 4 aromatic carbocycles. The lowest BCUT2D eigenvalue weighted by Gasteiger charge is -2.40. The number of fused-ring (bicyclic) bond motifs is 2. The highest BCUT2D eigenvalue weighted by Gasteiger charge is 2.48. The second kappa shape index (κ2) is 17.4. The zero-order valence-corrected chi connectivity index (χ0v) is 33.9. The lowest BCUT2D eigenvalue weighted by molar-refractivity contribution is -0.178. The Labute approximate surface area is 335 Å². The molecule has 2 aliphatic heterocycles. The third kappa shape index (κ3) is 7.69. The van der Waals surface area contributed by atoms with Crippen LogP contribution in [0.3, 0.4) is 0 Å². The first-order chi connectivity index (χ1) is 27.9. The predicted octanol–water partition coefficient (Wildman–Crippen LogP) is 6.83. The van der Waals surface area contributed by atoms with Crippen LogP contribution in [0.4, 0.5) is 0 Å². The van der Waals surface area contributed by atoms with E-state index in [0.29, 0.717) is 44.9 Å². The first-order valence-corrected chi connectivity index (χ1v) is 18.2. The van der Waals surface area contributed by atoms with E-state index in [1.807, 2.05) is 12.1 Å². The molecule has 0 saturated heterocycles. The highest BCUT2D eigenvalue weighted by atomic mass is 16.6. The first-order valence-electron chi connectivity index (χ1n) is 18.2. The molecule has 0 saturated carbocycles. The van der Waals surface area contributed by atoms with Gasteiger partial charge in [-0.25, -0.2) is 0 Å². The highest BCUT2D eigenvalue weighted by Crippen LogP contribution is 2.60. The second-order valence-electron chi connectivity index (χ2n) is 13.3. The van der Waals surface area contributed by atoms with Crippen LogP contribution < -0.4 is 37.9 Å². The number of methoxy groups -OCH3 is 7. The van der Waals surface area contributed by atoms with Crippen molar-refractivity contribution in [3.8, 4) is 57.1 Å². The van der Waals surface area contributed by atoms with E-state index >= 15 is 0 Å². The summed E-state index contributed by atoms with van der Waals surface area (Å²) in [5.74, 6) is 0.628. The smallest absolute Gasteiger partial charge is 0.303 e. The summed E-state index contributed by atoms with van der Waals surface area (Å²) in [5, 5.41) is 0. The van der Waals surface area contributed by atoms with Crippen LogP contribution >= 0.6 is 0 Å². The van der Waals surface area contributed by atoms with Gasteiger partial charge in [-0.05, 0) is 47.5 Å². The Morgan fingerprint density at radius 1 is 0.466 bits per heavy atom. The molecule has 0 spiro atoms. The van der Waals surface area contributed by atoms with Crippen molar-refractivity contribution in [1.82, 2.24) is 0 Å². The van der Waals surface area contributed by atoms with E-state index in [1.165, 1.54) is 56.3 Å². The number of carbonyl (C=O) groups is 3. The van der Waals surface area contributed by atoms with Crippen molar-refractivity contribution in [3.63, 3.8) is 0 Å². The van der Waals surface area contributed by atoms with Gasteiger partial charge in [0.25, 0.3) is 0 Å². The van der Waals surface area contributed by atoms with Crippen LogP contribution in [-0.2, 0) is 33.3 Å². The fraction of sp³-hybridized carbons (Fsp3) is 0.372. The molecule has 6 atom stereocenters. The van der Waals surface area contributed by atoms with Crippen LogP contribution in [-0.4, -0.2) is 79.9 Å². The molecule has 0 aliphatic carbocycles. The summed E-state index contributed by atoms with van der Waals surface area (Å²) in [7, 11) is 10.4. The molecule has 308 valence electrons. The van der Waals surface area contributed by atoms with Crippen molar-refractivity contribution < 1.29 is 71.2 Å². The fourth-order valence-electron chi connectivity index (χ4n) is 7.49. The van der Waals surface area contributed by atoms with Crippen LogP contribution in [0.15, 0.2) is 60.7 Å². The number of rotatable bonds is 13. The maximum absolute atomic E-state index is 12.8. The molecule has 6 rings (SSSR count). The van der Waals surface area contributed by atoms with Gasteiger partial charge in [-0.15, -0.1) is 0 Å². The molecule has 0 radical (unpaired) electrons. The monoisotopic (exact) mass is 802 g/mol. The predicted molar refractivity (Wildman–Crippen MR) is 206 cm³/mol. The quantitative estimate of drug-likeness (QED) is 0.102. The third-order valence-corrected chi connectivity index (χ3v) is 9.88. The van der Waals surface area contributed by atoms with Crippen molar-refractivity contribution >= 4 is 17.9 Å². The molecular formula is C43H46O15. The summed E-state index contributed by atoms with van der Waals surface area (Å²) in [6.07, 6.45) is -6.01. The van der Waals surface area contributed by atoms with Crippen molar-refractivity contribution in [2.45, 2.75) is 57.4 Å². The average molecular weight is 803 g/mol. The third-order valence-electron chi connectivity index (χ3n) is 9.88. The van der Waals surface area contributed by atoms with Gasteiger partial charge in [-0.2, -0.15) is 0 Å². The average Bonchev–Trinajstić information content (AvgIpc) is 3.22. The number of esters is 3. The van der Waals surface area contributed by atoms with Gasteiger partial charge < -0.3 is 56.8 Å². The number of ether oxygens (including phenoxy) is 12. The lowest BCUT2D eigenvalue weighted by atomic mass is 9.86. The Balaban J connectivity index is 1.61. The standard InChI is InChI=1S/C43H46O15/c1-21(44)54-39-31-20-29(35(50-7)41(53-10)38(31)58-33(43(39)56-23(3)46)25-13-17-27(48-5)18-14-25)28-19-30-36(51-8)42(55-22(2)45)32(24-11-15-26(47-4)16-12-24)57-37(30)40(52-9)34(28)49-6/h11-20,32-33,36,39,42-43H,1-10H3/t32-,33-,36+,39-,42+,43+/m1/s1. The summed E-state index contributed by atoms with van der Waals surface area (Å²) in [4.78, 5) is 38.1. The topological polar surface area (TPSA) is 162 Å². The van der Waals surface area contributed by atoms with Gasteiger partial charge in [-0.1, -0.05) is 24.3 Å². The van der Waals surface area contributed by atoms with Crippen molar-refractivity contribution in [2.75, 3.05) is 49.8 Å². The van der Waals surface area contributed by atoms with Crippen LogP contribution in [0, 0.1) is 0 Å². The summed E-state index contributed by atoms with van der Waals surface area (Å²) < 4.78 is 72.0. The van der Waals surface area contributed by atoms with Gasteiger partial charge in [0.15, 0.2) is 53.5 Å². The Bertz CT molecular complexity index is 2150. The largest absolute Gasteiger partial charge is 0.497 e. The Morgan fingerprint density at radius 2 is 0.828 bits per heavy atom. The minimum Gasteiger partial charge on any atom is -0.497 e. The molecule has 15 heteroatoms. The van der Waals surface area contributed by atoms with E-state index in [1.54, 1.807) is 62.8 Å². The zero-order chi connectivity index (χ0) is 41.8. The summed E-state index contributed by atoms with van der Waals surface area (Å²) >= 11 is 0. The molecule has 58 heavy (non-hydrogen) atoms. The van der Waals surface area contributed by atoms with E-state index in [2.05, 4.69) is 0 Å². The van der Waals surface area contributed by atoms with Crippen LogP contribution in [0.2, 0.25) is 0 Å². The molecular weight excluding hydrogens is 756 g/mol. The molecule has 0 fully saturated rings. The number of hydrogen-bond donors (Lipinski definition) is 0. The molecule has 4 aromatic rings. The molecule has 0 bridgehead atoms. The van der Waals surface area contributed by atoms with Gasteiger partial charge in [-0.3, -0.25) is 14.4 Å². The maximum Gasteiger partial charge on any atom is 0.303 e. The molecule has 0 N–H and O–H groups in total. The summed E-state index contributed by atoms with van der Waals surface area (Å²) in [6, 6.07) is 17.6. The first kappa shape index (κ1) is 41.3. The van der Waals surface area contributed by atoms with Gasteiger partial charge in [0.2, 0.25) is 11.5 Å². The van der Waals surface area contributed by atoms with Crippen molar-refractivity contribution in [1.29, 1.82) is 0 Å². The lowest BCUT2D eigenvalue weighted by Crippen LogP contribution is -2.39. The molecule has 0 amide bonds. The van der Waals surface area contributed by atoms with Crippen molar-refractivity contribution in [3.05, 3.63) is 82.9 Å². The van der Waals surface area contributed by atoms with Crippen molar-refractivity contribution in [2.24, 2.45) is 0 Å². The van der Waals surface area contributed by atoms with E-state index in [9.17, 15) is 14.4 Å². The Kier molecular flexibility index (Phi) is 12.4. The number of benzene rings is 4. The highest BCUT2D eigenvalue weighted by molar-refractivity contribution is 5.86. The minimum absolute atomic E-state index is 0.141. The van der Waals surface area contributed by atoms with E-state index < -0.39 is 54.5 Å². The number of carbonyl (C=O) groups excluding carboxylic acids is 3. The van der Waals surface area contributed by atoms with E-state index in [0.717, 1.165) is 0 Å². The SMILES string of the molecule is COc1ccc([C@H]2Oc3c(cc(-c4cc5c(c(OC)c4OC)O[C@H](c4ccc(OC)cc4)[C@H](OC(C)=O)[C@H]5OC)c(OC)c3OC)[C@@H](OC(C)=O)[C@H]2OC(C)=O)cc1. The molecule has 0 aromatic heterocycles. The summed E-state index contributed by atoms with van der Waals surface area (Å²) in [6.45, 7) is 3.82. The molecule has 2 heterocycles. The normalized spacial score (nSPS) is 20.4. The zero-order valence-electron chi connectivity index (χ0n) is 33.9. The van der Waals surface area contributed by atoms with Crippen LogP contribution in [0.5, 0.6) is 46.0 Å². The minimum atomic E-state index is -1.20. The molecule has 2 aliphatic rings. The van der Waals surface area contributed by atoms with Gasteiger partial charge in [0, 0.05) is 50.1 Å². The molecule has 0 unspecified atom stereocenters. The maximum atomic E-state index is 12.8. The molecule has 15 nitrogen and oxygen atoms in total. The van der Waals surface area contributed by atoms with Gasteiger partial charge >= 0.3 is 17.9 Å². The van der Waals surface area contributed by atoms with Gasteiger partial charge in [0.05, 0.1) is 42.7 Å². The summed E-state index contributed by atoms with van der Waals surface area (Å²) in [5.41, 5.74) is 2.80. The number of hydrogen-bond acceptors (Lipinski definition) is 15. The van der Waals surface area contributed by atoms with Crippen LogP contribution in [0.25, 0.3) is 11.1 Å². The Hall–Kier alpha value is -6.35.